The Bertz CT molecular complexity index is 1150. The maximum atomic E-state index is 13.7. The molecule has 3 aliphatic rings. The van der Waals surface area contributed by atoms with E-state index in [1.807, 2.05) is 25.2 Å². The predicted octanol–water partition coefficient (Wildman–Crippen LogP) is 2.59. The zero-order valence-electron chi connectivity index (χ0n) is 23.2. The van der Waals surface area contributed by atoms with Gasteiger partial charge in [0.2, 0.25) is 23.6 Å². The second-order valence-electron chi connectivity index (χ2n) is 12.5. The molecule has 1 aliphatic carbocycles. The Kier molecular flexibility index (Phi) is 8.51. The van der Waals surface area contributed by atoms with E-state index in [0.717, 1.165) is 0 Å². The molecule has 2 saturated heterocycles. The number of nitrogens with zero attached hydrogens (tertiary/aromatic N) is 2. The van der Waals surface area contributed by atoms with Gasteiger partial charge in [0, 0.05) is 25.1 Å². The quantitative estimate of drug-likeness (QED) is 0.309. The molecule has 9 nitrogen and oxygen atoms in total. The van der Waals surface area contributed by atoms with Crippen molar-refractivity contribution in [3.63, 3.8) is 0 Å². The van der Waals surface area contributed by atoms with E-state index >= 15 is 0 Å². The topological polar surface area (TPSA) is 131 Å². The minimum Gasteiger partial charge on any atom is -0.356 e. The van der Waals surface area contributed by atoms with Crippen molar-refractivity contribution in [3.8, 4) is 6.07 Å². The normalized spacial score (nSPS) is 26.7. The molecule has 0 radical (unpaired) electrons. The monoisotopic (exact) mass is 593 g/mol. The summed E-state index contributed by atoms with van der Waals surface area (Å²) in [5, 5.41) is 16.8. The molecule has 15 heteroatoms. The fraction of sp³-hybridized carbons (Fsp3) is 0.731. The van der Waals surface area contributed by atoms with Crippen molar-refractivity contribution in [2.24, 2.45) is 28.6 Å². The first-order valence-electron chi connectivity index (χ1n) is 13.1. The lowest BCUT2D eigenvalue weighted by atomic mass is 9.85. The largest absolute Gasteiger partial charge is 0.421 e. The van der Waals surface area contributed by atoms with E-state index in [1.165, 1.54) is 25.7 Å². The lowest BCUT2D eigenvalue weighted by Gasteiger charge is -2.37. The highest BCUT2D eigenvalue weighted by atomic mass is 19.4. The third-order valence-corrected chi connectivity index (χ3v) is 8.20. The minimum atomic E-state index is -5.86. The molecule has 3 fully saturated rings. The molecule has 1 unspecified atom stereocenters. The number of piperidine rings is 1. The zero-order chi connectivity index (χ0) is 31.3. The van der Waals surface area contributed by atoms with Crippen LogP contribution in [0.25, 0.3) is 0 Å². The van der Waals surface area contributed by atoms with Gasteiger partial charge in [-0.25, -0.2) is 0 Å². The molecule has 2 aliphatic heterocycles. The van der Waals surface area contributed by atoms with Crippen LogP contribution in [0.15, 0.2) is 11.6 Å². The number of hydrogen-bond acceptors (Lipinski definition) is 5. The number of allylic oxidation sites excluding steroid dienone is 1. The number of alkyl halides is 6. The smallest absolute Gasteiger partial charge is 0.356 e. The number of hydrogen-bond donors (Lipinski definition) is 3. The van der Waals surface area contributed by atoms with E-state index in [4.69, 9.17) is 0 Å². The number of rotatable bonds is 7. The van der Waals surface area contributed by atoms with Gasteiger partial charge in [0.1, 0.15) is 23.7 Å². The summed E-state index contributed by atoms with van der Waals surface area (Å²) >= 11 is 0. The van der Waals surface area contributed by atoms with Gasteiger partial charge in [-0.1, -0.05) is 34.6 Å². The molecule has 228 valence electrons. The SMILES string of the molecule is CC(C)(C)[C@H](NC(=O)C=C(C(F)(F)F)C(F)(F)F)C(=O)N1CC2[C@@H]([C@H]1C(=O)N[C@H](C#N)C[C@@H]1CCNC1=O)C2(C)C. The van der Waals surface area contributed by atoms with E-state index in [9.17, 15) is 50.8 Å². The maximum Gasteiger partial charge on any atom is 0.421 e. The Morgan fingerprint density at radius 3 is 2.17 bits per heavy atom. The van der Waals surface area contributed by atoms with Crippen LogP contribution in [-0.2, 0) is 19.2 Å². The summed E-state index contributed by atoms with van der Waals surface area (Å²) in [5.74, 6) is -4.48. The van der Waals surface area contributed by atoms with Crippen LogP contribution in [0.2, 0.25) is 0 Å². The lowest BCUT2D eigenvalue weighted by molar-refractivity contribution is -0.173. The van der Waals surface area contributed by atoms with Crippen LogP contribution in [0.4, 0.5) is 26.3 Å². The van der Waals surface area contributed by atoms with Crippen LogP contribution in [0.5, 0.6) is 0 Å². The first-order chi connectivity index (χ1) is 18.6. The number of amides is 4. The fourth-order valence-electron chi connectivity index (χ4n) is 5.82. The molecular formula is C26H33F6N5O4. The Morgan fingerprint density at radius 1 is 1.12 bits per heavy atom. The number of nitriles is 1. The van der Waals surface area contributed by atoms with Gasteiger partial charge in [0.05, 0.1) is 6.07 Å². The predicted molar refractivity (Wildman–Crippen MR) is 131 cm³/mol. The van der Waals surface area contributed by atoms with Crippen LogP contribution in [0.3, 0.4) is 0 Å². The molecule has 0 aromatic rings. The van der Waals surface area contributed by atoms with Crippen molar-refractivity contribution in [3.05, 3.63) is 11.6 Å². The van der Waals surface area contributed by atoms with Crippen LogP contribution < -0.4 is 16.0 Å². The average Bonchev–Trinajstić information content (AvgIpc) is 3.16. The van der Waals surface area contributed by atoms with Crippen molar-refractivity contribution >= 4 is 23.6 Å². The van der Waals surface area contributed by atoms with Gasteiger partial charge in [-0.3, -0.25) is 19.2 Å². The number of nitrogens with one attached hydrogen (secondary N) is 3. The summed E-state index contributed by atoms with van der Waals surface area (Å²) in [5.41, 5.74) is -4.56. The third kappa shape index (κ3) is 6.78. The first kappa shape index (κ1) is 32.2. The van der Waals surface area contributed by atoms with Crippen molar-refractivity contribution in [1.82, 2.24) is 20.9 Å². The average molecular weight is 594 g/mol. The zero-order valence-corrected chi connectivity index (χ0v) is 23.2. The molecule has 2 heterocycles. The number of likely N-dealkylation sites (tertiary alicyclic amines) is 1. The third-order valence-electron chi connectivity index (χ3n) is 8.20. The second-order valence-corrected chi connectivity index (χ2v) is 12.5. The van der Waals surface area contributed by atoms with Gasteiger partial charge in [0.15, 0.2) is 0 Å². The summed E-state index contributed by atoms with van der Waals surface area (Å²) in [6.07, 6.45) is -11.8. The van der Waals surface area contributed by atoms with Crippen LogP contribution in [-0.4, -0.2) is 72.1 Å². The summed E-state index contributed by atoms with van der Waals surface area (Å²) in [7, 11) is 0. The lowest BCUT2D eigenvalue weighted by Crippen LogP contribution is -2.59. The van der Waals surface area contributed by atoms with Gasteiger partial charge in [0.25, 0.3) is 0 Å². The maximum absolute atomic E-state index is 13.7. The van der Waals surface area contributed by atoms with Gasteiger partial charge < -0.3 is 20.9 Å². The number of fused-ring (bicyclic) bond motifs is 1. The van der Waals surface area contributed by atoms with E-state index in [-0.39, 0.29) is 36.1 Å². The van der Waals surface area contributed by atoms with Gasteiger partial charge >= 0.3 is 12.4 Å². The molecule has 6 atom stereocenters. The Balaban J connectivity index is 1.85. The van der Waals surface area contributed by atoms with Crippen molar-refractivity contribution < 1.29 is 45.5 Å². The summed E-state index contributed by atoms with van der Waals surface area (Å²) in [6, 6.07) is -1.78. The fourth-order valence-corrected chi connectivity index (χ4v) is 5.82. The molecule has 3 N–H and O–H groups in total. The van der Waals surface area contributed by atoms with E-state index in [1.54, 1.807) is 0 Å². The molecule has 0 bridgehead atoms. The highest BCUT2D eigenvalue weighted by Gasteiger charge is 2.70. The van der Waals surface area contributed by atoms with Crippen LogP contribution in [0.1, 0.15) is 47.5 Å². The molecule has 4 amide bonds. The van der Waals surface area contributed by atoms with E-state index in [0.29, 0.717) is 13.0 Å². The van der Waals surface area contributed by atoms with Crippen molar-refractivity contribution in [2.75, 3.05) is 13.1 Å². The standard InChI is InChI=1S/C26H33F6N5O4/c1-23(2,3)19(36-16(38)9-15(25(27,28)29)26(30,31)32)22(41)37-11-14-17(24(14,4)5)18(37)21(40)35-13(10-33)8-12-6-7-34-20(12)39/h9,12-14,17-19H,6-8,11H2,1-5H3,(H,34,39)(H,35,40)(H,36,38)/t12-,13-,14?,17-,18-,19+/m0/s1. The molecule has 0 aromatic heterocycles. The van der Waals surface area contributed by atoms with Crippen LogP contribution >= 0.6 is 0 Å². The molecule has 0 spiro atoms. The summed E-state index contributed by atoms with van der Waals surface area (Å²) in [4.78, 5) is 52.7. The summed E-state index contributed by atoms with van der Waals surface area (Å²) in [6.45, 7) is 8.66. The summed E-state index contributed by atoms with van der Waals surface area (Å²) < 4.78 is 77.8. The highest BCUT2D eigenvalue weighted by molar-refractivity contribution is 5.96. The minimum absolute atomic E-state index is 0.0555. The molecular weight excluding hydrogens is 560 g/mol. The Hall–Kier alpha value is -3.31. The highest BCUT2D eigenvalue weighted by Crippen LogP contribution is 2.65. The van der Waals surface area contributed by atoms with Crippen molar-refractivity contribution in [1.29, 1.82) is 5.26 Å². The number of carbonyl (C=O) groups is 4. The molecule has 0 aromatic carbocycles. The second kappa shape index (κ2) is 10.8. The molecule has 1 saturated carbocycles. The van der Waals surface area contributed by atoms with Gasteiger partial charge in [-0.15, -0.1) is 0 Å². The van der Waals surface area contributed by atoms with Gasteiger partial charge in [-0.2, -0.15) is 31.6 Å². The number of carbonyl (C=O) groups excluding carboxylic acids is 4. The first-order valence-corrected chi connectivity index (χ1v) is 13.1. The Morgan fingerprint density at radius 2 is 1.71 bits per heavy atom. The van der Waals surface area contributed by atoms with Crippen LogP contribution in [0, 0.1) is 39.9 Å². The Labute approximate surface area is 233 Å². The molecule has 3 rings (SSSR count). The number of halogens is 6. The molecule has 41 heavy (non-hydrogen) atoms. The van der Waals surface area contributed by atoms with Crippen molar-refractivity contribution in [2.45, 2.75) is 77.9 Å². The van der Waals surface area contributed by atoms with Gasteiger partial charge in [-0.05, 0) is 35.5 Å². The van der Waals surface area contributed by atoms with E-state index in [2.05, 4.69) is 10.6 Å². The van der Waals surface area contributed by atoms with E-state index < -0.39 is 71.2 Å².